The van der Waals surface area contributed by atoms with Crippen molar-refractivity contribution in [2.45, 2.75) is 14.7 Å². The lowest BCUT2D eigenvalue weighted by molar-refractivity contribution is 0.472. The summed E-state index contributed by atoms with van der Waals surface area (Å²) >= 11 is 0. The molecule has 0 spiro atoms. The first-order valence-electron chi connectivity index (χ1n) is 9.33. The summed E-state index contributed by atoms with van der Waals surface area (Å²) in [5.41, 5.74) is -0.641. The van der Waals surface area contributed by atoms with Crippen LogP contribution in [0.15, 0.2) is 85.6 Å². The summed E-state index contributed by atoms with van der Waals surface area (Å²) in [5.74, 6) is -0.764. The first kappa shape index (κ1) is 24.6. The molecule has 0 aliphatic rings. The van der Waals surface area contributed by atoms with Crippen LogP contribution in [0.2, 0.25) is 0 Å². The second-order valence-corrected chi connectivity index (χ2v) is 11.4. The van der Waals surface area contributed by atoms with Gasteiger partial charge in [-0.2, -0.15) is 25.3 Å². The zero-order valence-electron chi connectivity index (χ0n) is 17.1. The Morgan fingerprint density at radius 1 is 0.600 bits per heavy atom. The minimum Gasteiger partial charge on any atom is -0.505 e. The molecule has 0 aromatic heterocycles. The van der Waals surface area contributed by atoms with Crippen molar-refractivity contribution in [1.29, 1.82) is 0 Å². The number of phenols is 1. The van der Waals surface area contributed by atoms with Gasteiger partial charge in [-0.05, 0) is 41.8 Å². The Hall–Kier alpha value is -3.47. The third kappa shape index (κ3) is 4.72. The van der Waals surface area contributed by atoms with Gasteiger partial charge in [0.2, 0.25) is 0 Å². The van der Waals surface area contributed by atoms with Crippen molar-refractivity contribution in [3.05, 3.63) is 60.7 Å². The number of phenolic OH excluding ortho intramolecular Hbond substituents is 1. The fourth-order valence-electron chi connectivity index (χ4n) is 3.45. The second-order valence-electron chi connectivity index (χ2n) is 7.21. The normalized spacial score (nSPS) is 13.1. The van der Waals surface area contributed by atoms with Crippen LogP contribution in [0.4, 0.5) is 11.4 Å². The second kappa shape index (κ2) is 8.33. The summed E-state index contributed by atoms with van der Waals surface area (Å²) in [5, 5.41) is 18.4. The Balaban J connectivity index is 1.97. The average molecular weight is 539 g/mol. The fourth-order valence-corrected chi connectivity index (χ4v) is 5.32. The van der Waals surface area contributed by atoms with Crippen molar-refractivity contribution in [1.82, 2.24) is 0 Å². The van der Waals surface area contributed by atoms with Crippen molar-refractivity contribution in [2.75, 3.05) is 0 Å². The molecule has 0 amide bonds. The lowest BCUT2D eigenvalue weighted by Crippen LogP contribution is -2.00. The lowest BCUT2D eigenvalue weighted by Gasteiger charge is -2.10. The molecule has 0 unspecified atom stereocenters. The molecular weight excluding hydrogens is 524 g/mol. The van der Waals surface area contributed by atoms with Crippen LogP contribution in [0.25, 0.3) is 21.5 Å². The van der Waals surface area contributed by atoms with Crippen molar-refractivity contribution in [2.24, 2.45) is 10.2 Å². The van der Waals surface area contributed by atoms with E-state index in [0.29, 0.717) is 0 Å². The number of hydrogen-bond acceptors (Lipinski definition) is 9. The van der Waals surface area contributed by atoms with Crippen LogP contribution in [0.3, 0.4) is 0 Å². The summed E-state index contributed by atoms with van der Waals surface area (Å²) < 4.78 is 98.5. The molecular formula is C20H14N2O10S3. The van der Waals surface area contributed by atoms with Gasteiger partial charge in [0.25, 0.3) is 30.4 Å². The Labute approximate surface area is 198 Å². The maximum absolute atomic E-state index is 12.0. The Bertz CT molecular complexity index is 1880. The summed E-state index contributed by atoms with van der Waals surface area (Å²) in [6.45, 7) is 0. The topological polar surface area (TPSA) is 208 Å². The zero-order valence-corrected chi connectivity index (χ0v) is 19.6. The van der Waals surface area contributed by atoms with Crippen LogP contribution in [-0.4, -0.2) is 44.0 Å². The van der Waals surface area contributed by atoms with E-state index in [1.807, 2.05) is 0 Å². The summed E-state index contributed by atoms with van der Waals surface area (Å²) in [4.78, 5) is -1.88. The van der Waals surface area contributed by atoms with E-state index < -0.39 is 56.5 Å². The molecule has 4 aromatic rings. The van der Waals surface area contributed by atoms with E-state index in [4.69, 9.17) is 0 Å². The molecule has 0 aliphatic carbocycles. The molecule has 0 radical (unpaired) electrons. The number of aromatic hydroxyl groups is 1. The van der Waals surface area contributed by atoms with Crippen molar-refractivity contribution in [3.63, 3.8) is 0 Å². The van der Waals surface area contributed by atoms with Gasteiger partial charge in [0.1, 0.15) is 15.5 Å². The maximum Gasteiger partial charge on any atom is 0.296 e. The third-order valence-electron chi connectivity index (χ3n) is 4.99. The van der Waals surface area contributed by atoms with Crippen LogP contribution in [0.5, 0.6) is 5.75 Å². The Morgan fingerprint density at radius 3 is 1.83 bits per heavy atom. The van der Waals surface area contributed by atoms with Crippen LogP contribution in [-0.2, 0) is 30.4 Å². The van der Waals surface area contributed by atoms with Gasteiger partial charge in [-0.15, -0.1) is 10.2 Å². The number of fused-ring (bicyclic) bond motifs is 2. The highest BCUT2D eigenvalue weighted by Gasteiger charge is 2.23. The average Bonchev–Trinajstić information content (AvgIpc) is 2.75. The van der Waals surface area contributed by atoms with Crippen molar-refractivity contribution >= 4 is 63.3 Å². The highest BCUT2D eigenvalue weighted by Crippen LogP contribution is 2.42. The highest BCUT2D eigenvalue weighted by atomic mass is 32.2. The van der Waals surface area contributed by atoms with Gasteiger partial charge in [0, 0.05) is 16.2 Å². The van der Waals surface area contributed by atoms with Crippen LogP contribution in [0.1, 0.15) is 0 Å². The molecule has 0 saturated carbocycles. The number of azo groups is 1. The molecule has 15 heteroatoms. The molecule has 0 aliphatic heterocycles. The zero-order chi connectivity index (χ0) is 25.8. The number of hydrogen-bond donors (Lipinski definition) is 4. The molecule has 0 heterocycles. The molecule has 4 rings (SSSR count). The number of rotatable bonds is 5. The summed E-state index contributed by atoms with van der Waals surface area (Å²) in [6, 6.07) is 12.0. The van der Waals surface area contributed by atoms with E-state index in [0.717, 1.165) is 30.3 Å². The summed E-state index contributed by atoms with van der Waals surface area (Å²) in [7, 11) is -14.2. The maximum atomic E-state index is 12.0. The minimum absolute atomic E-state index is 0.0375. The van der Waals surface area contributed by atoms with E-state index in [-0.39, 0.29) is 27.2 Å². The molecule has 12 nitrogen and oxygen atoms in total. The van der Waals surface area contributed by atoms with Crippen LogP contribution >= 0.6 is 0 Å². The molecule has 0 bridgehead atoms. The fraction of sp³-hybridized carbons (Fsp3) is 0. The van der Waals surface area contributed by atoms with Crippen LogP contribution in [0, 0.1) is 0 Å². The quantitative estimate of drug-likeness (QED) is 0.213. The van der Waals surface area contributed by atoms with Crippen molar-refractivity contribution < 1.29 is 44.0 Å². The monoisotopic (exact) mass is 538 g/mol. The van der Waals surface area contributed by atoms with Gasteiger partial charge in [0.05, 0.1) is 10.6 Å². The SMILES string of the molecule is O=S(=O)(O)c1ccc2c(O)c(N=Nc3ccc(S(=O)(=O)O)c4ccccc34)c(S(=O)(=O)O)cc2c1. The highest BCUT2D eigenvalue weighted by molar-refractivity contribution is 7.86. The molecule has 4 N–H and O–H groups in total. The van der Waals surface area contributed by atoms with Gasteiger partial charge >= 0.3 is 0 Å². The largest absolute Gasteiger partial charge is 0.505 e. The van der Waals surface area contributed by atoms with Gasteiger partial charge in [-0.25, -0.2) is 0 Å². The Kier molecular flexibility index (Phi) is 5.87. The molecule has 182 valence electrons. The first-order valence-corrected chi connectivity index (χ1v) is 13.7. The molecule has 0 fully saturated rings. The molecule has 35 heavy (non-hydrogen) atoms. The third-order valence-corrected chi connectivity index (χ3v) is 7.62. The van der Waals surface area contributed by atoms with Gasteiger partial charge < -0.3 is 5.11 Å². The smallest absolute Gasteiger partial charge is 0.296 e. The molecule has 0 saturated heterocycles. The predicted octanol–water partition coefficient (Wildman–Crippen LogP) is 3.85. The molecule has 0 atom stereocenters. The van der Waals surface area contributed by atoms with E-state index in [2.05, 4.69) is 10.2 Å². The van der Waals surface area contributed by atoms with E-state index >= 15 is 0 Å². The Morgan fingerprint density at radius 2 is 1.23 bits per heavy atom. The summed E-state index contributed by atoms with van der Waals surface area (Å²) in [6.07, 6.45) is 0. The number of nitrogens with zero attached hydrogens (tertiary/aromatic N) is 2. The van der Waals surface area contributed by atoms with E-state index in [1.54, 1.807) is 6.07 Å². The van der Waals surface area contributed by atoms with Crippen molar-refractivity contribution in [3.8, 4) is 5.75 Å². The van der Waals surface area contributed by atoms with E-state index in [1.165, 1.54) is 24.3 Å². The standard InChI is InChI=1S/C20H14N2O10S3/c23-20-13-6-5-12(33(24,25)26)9-11(13)10-18(35(30,31)32)19(20)22-21-16-7-8-17(34(27,28)29)15-4-2-1-3-14(15)16/h1-10,23H,(H,24,25,26)(H,27,28,29)(H,30,31,32). The van der Waals surface area contributed by atoms with E-state index in [9.17, 15) is 44.0 Å². The number of benzene rings is 4. The predicted molar refractivity (Wildman–Crippen MR) is 123 cm³/mol. The minimum atomic E-state index is -5.01. The van der Waals surface area contributed by atoms with Gasteiger partial charge in [0.15, 0.2) is 5.75 Å². The van der Waals surface area contributed by atoms with Crippen LogP contribution < -0.4 is 0 Å². The molecule has 4 aromatic carbocycles. The first-order chi connectivity index (χ1) is 16.2. The lowest BCUT2D eigenvalue weighted by atomic mass is 10.1. The van der Waals surface area contributed by atoms with Gasteiger partial charge in [-0.3, -0.25) is 13.7 Å². The van der Waals surface area contributed by atoms with Gasteiger partial charge in [-0.1, -0.05) is 24.3 Å².